The third-order valence-electron chi connectivity index (χ3n) is 4.24. The zero-order valence-electron chi connectivity index (χ0n) is 14.8. The van der Waals surface area contributed by atoms with Gasteiger partial charge in [0.2, 0.25) is 0 Å². The number of nitrogens with one attached hydrogen (secondary N) is 1. The maximum atomic E-state index is 13.0. The molecule has 0 radical (unpaired) electrons. The molecule has 134 valence electrons. The predicted octanol–water partition coefficient (Wildman–Crippen LogP) is 2.71. The summed E-state index contributed by atoms with van der Waals surface area (Å²) < 4.78 is 1.69. The molecule has 3 aromatic heterocycles. The molecular weight excluding hydrogens is 340 g/mol. The number of hydrogen-bond donors (Lipinski definition) is 1. The second-order valence-corrected chi connectivity index (χ2v) is 6.30. The molecule has 0 aliphatic rings. The molecule has 0 unspecified atom stereocenters. The Morgan fingerprint density at radius 1 is 1.15 bits per heavy atom. The molecule has 3 heterocycles. The van der Waals surface area contributed by atoms with Crippen LogP contribution in [0.2, 0.25) is 0 Å². The van der Waals surface area contributed by atoms with Crippen LogP contribution in [0, 0.1) is 0 Å². The molecule has 4 aromatic rings. The highest BCUT2D eigenvalue weighted by Gasteiger charge is 2.16. The lowest BCUT2D eigenvalue weighted by Crippen LogP contribution is -2.36. The molecule has 1 aromatic carbocycles. The van der Waals surface area contributed by atoms with Crippen molar-refractivity contribution in [1.29, 1.82) is 0 Å². The van der Waals surface area contributed by atoms with Crippen molar-refractivity contribution in [3.63, 3.8) is 0 Å². The van der Waals surface area contributed by atoms with Gasteiger partial charge in [0.25, 0.3) is 5.91 Å². The number of nitrogens with zero attached hydrogens (tertiary/aromatic N) is 5. The van der Waals surface area contributed by atoms with Crippen molar-refractivity contribution in [2.75, 3.05) is 0 Å². The number of carbonyl (C=O) groups excluding carboxylic acids is 1. The quantitative estimate of drug-likeness (QED) is 0.593. The number of hydrogen-bond acceptors (Lipinski definition) is 5. The van der Waals surface area contributed by atoms with Gasteiger partial charge < -0.3 is 5.32 Å². The van der Waals surface area contributed by atoms with E-state index in [0.29, 0.717) is 12.1 Å². The third kappa shape index (κ3) is 3.67. The van der Waals surface area contributed by atoms with Crippen molar-refractivity contribution in [2.45, 2.75) is 19.5 Å². The van der Waals surface area contributed by atoms with Crippen molar-refractivity contribution in [1.82, 2.24) is 30.0 Å². The van der Waals surface area contributed by atoms with Crippen LogP contribution >= 0.6 is 0 Å². The highest BCUT2D eigenvalue weighted by molar-refractivity contribution is 6.07. The molecule has 1 atom stereocenters. The Morgan fingerprint density at radius 3 is 2.74 bits per heavy atom. The highest BCUT2D eigenvalue weighted by atomic mass is 16.1. The Bertz CT molecular complexity index is 1060. The Labute approximate surface area is 156 Å². The van der Waals surface area contributed by atoms with E-state index in [1.165, 1.54) is 6.33 Å². The number of amides is 1. The lowest BCUT2D eigenvalue weighted by molar-refractivity contribution is 0.0937. The van der Waals surface area contributed by atoms with Crippen LogP contribution in [0.5, 0.6) is 0 Å². The van der Waals surface area contributed by atoms with Crippen LogP contribution in [0.15, 0.2) is 67.5 Å². The minimum Gasteiger partial charge on any atom is -0.348 e. The maximum absolute atomic E-state index is 13.0. The summed E-state index contributed by atoms with van der Waals surface area (Å²) >= 11 is 0. The Balaban J connectivity index is 1.68. The Morgan fingerprint density at radius 2 is 1.96 bits per heavy atom. The second-order valence-electron chi connectivity index (χ2n) is 6.30. The van der Waals surface area contributed by atoms with Gasteiger partial charge in [-0.1, -0.05) is 18.2 Å². The van der Waals surface area contributed by atoms with Gasteiger partial charge in [0.1, 0.15) is 12.7 Å². The number of benzene rings is 1. The van der Waals surface area contributed by atoms with Gasteiger partial charge in [-0.2, -0.15) is 5.10 Å². The van der Waals surface area contributed by atoms with Crippen LogP contribution in [0.4, 0.5) is 0 Å². The molecule has 1 amide bonds. The molecule has 0 saturated heterocycles. The van der Waals surface area contributed by atoms with Gasteiger partial charge in [0.05, 0.1) is 23.3 Å². The van der Waals surface area contributed by atoms with Crippen LogP contribution in [-0.2, 0) is 6.54 Å². The van der Waals surface area contributed by atoms with Crippen molar-refractivity contribution in [2.24, 2.45) is 0 Å². The van der Waals surface area contributed by atoms with Gasteiger partial charge in [-0.25, -0.2) is 9.97 Å². The molecule has 27 heavy (non-hydrogen) atoms. The zero-order valence-corrected chi connectivity index (χ0v) is 14.8. The lowest BCUT2D eigenvalue weighted by Gasteiger charge is -2.15. The molecular formula is C20H18N6O. The van der Waals surface area contributed by atoms with Crippen LogP contribution < -0.4 is 5.32 Å². The topological polar surface area (TPSA) is 85.6 Å². The monoisotopic (exact) mass is 358 g/mol. The first-order chi connectivity index (χ1) is 13.2. The summed E-state index contributed by atoms with van der Waals surface area (Å²) in [6.07, 6.45) is 6.54. The predicted molar refractivity (Wildman–Crippen MR) is 102 cm³/mol. The third-order valence-corrected chi connectivity index (χ3v) is 4.24. The van der Waals surface area contributed by atoms with E-state index in [2.05, 4.69) is 20.4 Å². The number of carbonyl (C=O) groups is 1. The van der Waals surface area contributed by atoms with E-state index in [-0.39, 0.29) is 11.9 Å². The lowest BCUT2D eigenvalue weighted by atomic mass is 10.0. The summed E-state index contributed by atoms with van der Waals surface area (Å²) in [6.45, 7) is 2.48. The van der Waals surface area contributed by atoms with E-state index in [0.717, 1.165) is 22.2 Å². The molecule has 0 spiro atoms. The van der Waals surface area contributed by atoms with E-state index in [9.17, 15) is 4.79 Å². The Kier molecular flexibility index (Phi) is 4.57. The molecule has 1 N–H and O–H groups in total. The summed E-state index contributed by atoms with van der Waals surface area (Å²) in [4.78, 5) is 25.7. The van der Waals surface area contributed by atoms with Gasteiger partial charge >= 0.3 is 0 Å². The smallest absolute Gasteiger partial charge is 0.252 e. The van der Waals surface area contributed by atoms with Crippen molar-refractivity contribution >= 4 is 16.8 Å². The standard InChI is InChI=1S/C20H18N6O/c1-14(11-26-13-22-12-23-26)24-20(27)17-10-19(15-6-8-21-9-7-15)25-18-5-3-2-4-16(17)18/h2-10,12-14H,11H2,1H3,(H,24,27)/t14-/m1/s1. The van der Waals surface area contributed by atoms with E-state index >= 15 is 0 Å². The van der Waals surface area contributed by atoms with Crippen LogP contribution in [0.25, 0.3) is 22.2 Å². The van der Waals surface area contributed by atoms with Crippen LogP contribution in [-0.4, -0.2) is 36.7 Å². The fraction of sp³-hybridized carbons (Fsp3) is 0.150. The second kappa shape index (κ2) is 7.33. The number of fused-ring (bicyclic) bond motifs is 1. The molecule has 4 rings (SSSR count). The molecule has 7 nitrogen and oxygen atoms in total. The van der Waals surface area contributed by atoms with Crippen LogP contribution in [0.3, 0.4) is 0 Å². The first-order valence-electron chi connectivity index (χ1n) is 8.64. The van der Waals surface area contributed by atoms with Crippen molar-refractivity contribution < 1.29 is 4.79 Å². The van der Waals surface area contributed by atoms with Gasteiger partial charge in [-0.15, -0.1) is 0 Å². The number of pyridine rings is 2. The molecule has 0 aliphatic heterocycles. The minimum absolute atomic E-state index is 0.101. The number of para-hydroxylation sites is 1. The summed E-state index contributed by atoms with van der Waals surface area (Å²) in [5, 5.41) is 7.94. The fourth-order valence-electron chi connectivity index (χ4n) is 2.99. The van der Waals surface area contributed by atoms with E-state index in [1.54, 1.807) is 23.4 Å². The summed E-state index contributed by atoms with van der Waals surface area (Å²) in [6, 6.07) is 13.1. The van der Waals surface area contributed by atoms with E-state index < -0.39 is 0 Å². The fourth-order valence-corrected chi connectivity index (χ4v) is 2.99. The van der Waals surface area contributed by atoms with E-state index in [4.69, 9.17) is 4.98 Å². The van der Waals surface area contributed by atoms with Gasteiger partial charge in [-0.3, -0.25) is 14.5 Å². The summed E-state index contributed by atoms with van der Waals surface area (Å²) in [5.41, 5.74) is 3.03. The molecule has 0 saturated carbocycles. The minimum atomic E-state index is -0.142. The molecule has 7 heteroatoms. The molecule has 0 bridgehead atoms. The maximum Gasteiger partial charge on any atom is 0.252 e. The average Bonchev–Trinajstić information content (AvgIpc) is 3.20. The van der Waals surface area contributed by atoms with E-state index in [1.807, 2.05) is 49.4 Å². The number of aromatic nitrogens is 5. The van der Waals surface area contributed by atoms with Crippen molar-refractivity contribution in [3.05, 3.63) is 73.1 Å². The van der Waals surface area contributed by atoms with Gasteiger partial charge in [-0.05, 0) is 31.2 Å². The Hall–Kier alpha value is -3.61. The van der Waals surface area contributed by atoms with Gasteiger partial charge in [0.15, 0.2) is 0 Å². The molecule has 0 aliphatic carbocycles. The van der Waals surface area contributed by atoms with Crippen molar-refractivity contribution in [3.8, 4) is 11.3 Å². The van der Waals surface area contributed by atoms with Crippen LogP contribution in [0.1, 0.15) is 17.3 Å². The normalized spacial score (nSPS) is 12.0. The highest BCUT2D eigenvalue weighted by Crippen LogP contribution is 2.24. The summed E-state index contributed by atoms with van der Waals surface area (Å²) in [7, 11) is 0. The van der Waals surface area contributed by atoms with Gasteiger partial charge in [0, 0.05) is 29.4 Å². The number of rotatable bonds is 5. The zero-order chi connectivity index (χ0) is 18.6. The first-order valence-corrected chi connectivity index (χ1v) is 8.64. The largest absolute Gasteiger partial charge is 0.348 e. The average molecular weight is 358 g/mol. The molecule has 0 fully saturated rings. The SMILES string of the molecule is C[C@H](Cn1cncn1)NC(=O)c1cc(-c2ccncc2)nc2ccccc12. The summed E-state index contributed by atoms with van der Waals surface area (Å²) in [5.74, 6) is -0.142. The first kappa shape index (κ1) is 16.8.